The van der Waals surface area contributed by atoms with Gasteiger partial charge in [0.05, 0.1) is 7.11 Å². The summed E-state index contributed by atoms with van der Waals surface area (Å²) in [6, 6.07) is 4.52. The number of amides is 1. The number of hydrogen-bond donors (Lipinski definition) is 2. The number of hydrogen-bond acceptors (Lipinski definition) is 4. The highest BCUT2D eigenvalue weighted by Crippen LogP contribution is 2.29. The molecule has 0 aliphatic carbocycles. The number of methoxy groups -OCH3 is 1. The molecule has 0 radical (unpaired) electrons. The van der Waals surface area contributed by atoms with Crippen molar-refractivity contribution in [3.05, 3.63) is 23.8 Å². The van der Waals surface area contributed by atoms with E-state index in [9.17, 15) is 18.0 Å². The molecule has 0 aliphatic rings. The molecule has 0 bridgehead atoms. The second-order valence-electron chi connectivity index (χ2n) is 4.87. The summed E-state index contributed by atoms with van der Waals surface area (Å²) in [6.45, 7) is -0.355. The molecule has 2 N–H and O–H groups in total. The van der Waals surface area contributed by atoms with Crippen LogP contribution in [0.3, 0.4) is 0 Å². The van der Waals surface area contributed by atoms with Gasteiger partial charge in [-0.15, -0.1) is 12.4 Å². The normalized spacial score (nSPS) is 10.7. The maximum atomic E-state index is 12.2. The van der Waals surface area contributed by atoms with Crippen LogP contribution in [0.1, 0.15) is 18.4 Å². The largest absolute Gasteiger partial charge is 0.493 e. The predicted octanol–water partition coefficient (Wildman–Crippen LogP) is 2.67. The van der Waals surface area contributed by atoms with E-state index in [1.165, 1.54) is 13.2 Å². The number of halogens is 4. The lowest BCUT2D eigenvalue weighted by atomic mass is 10.2. The van der Waals surface area contributed by atoms with E-state index in [0.717, 1.165) is 13.0 Å². The van der Waals surface area contributed by atoms with Crippen molar-refractivity contribution in [2.45, 2.75) is 25.6 Å². The Morgan fingerprint density at radius 3 is 2.54 bits per heavy atom. The number of nitrogens with one attached hydrogen (secondary N) is 2. The van der Waals surface area contributed by atoms with Crippen molar-refractivity contribution in [1.82, 2.24) is 10.6 Å². The van der Waals surface area contributed by atoms with E-state index in [0.29, 0.717) is 12.0 Å². The van der Waals surface area contributed by atoms with Crippen LogP contribution in [0.25, 0.3) is 0 Å². The van der Waals surface area contributed by atoms with Crippen LogP contribution >= 0.6 is 12.4 Å². The second-order valence-corrected chi connectivity index (χ2v) is 4.87. The molecule has 24 heavy (non-hydrogen) atoms. The zero-order chi connectivity index (χ0) is 17.3. The molecule has 0 atom stereocenters. The van der Waals surface area contributed by atoms with E-state index in [2.05, 4.69) is 10.6 Å². The Bertz CT molecular complexity index is 513. The molecule has 1 aromatic carbocycles. The van der Waals surface area contributed by atoms with Gasteiger partial charge in [0.25, 0.3) is 0 Å². The number of carbonyl (C=O) groups is 1. The highest BCUT2D eigenvalue weighted by molar-refractivity contribution is 5.85. The maximum absolute atomic E-state index is 12.2. The molecular formula is C15H22ClF3N2O3. The number of ether oxygens (including phenoxy) is 2. The minimum atomic E-state index is -4.41. The van der Waals surface area contributed by atoms with Crippen molar-refractivity contribution in [1.29, 1.82) is 0 Å². The smallest absolute Gasteiger partial charge is 0.422 e. The Balaban J connectivity index is 0.00000529. The molecule has 0 saturated carbocycles. The quantitative estimate of drug-likeness (QED) is 0.656. The molecule has 1 aromatic rings. The van der Waals surface area contributed by atoms with Gasteiger partial charge in [0.2, 0.25) is 5.91 Å². The van der Waals surface area contributed by atoms with Crippen molar-refractivity contribution in [3.8, 4) is 11.5 Å². The summed E-state index contributed by atoms with van der Waals surface area (Å²) < 4.78 is 46.2. The highest BCUT2D eigenvalue weighted by Gasteiger charge is 2.29. The van der Waals surface area contributed by atoms with Crippen LogP contribution in [0.5, 0.6) is 11.5 Å². The molecular weight excluding hydrogens is 349 g/mol. The molecule has 1 rings (SSSR count). The highest BCUT2D eigenvalue weighted by atomic mass is 35.5. The van der Waals surface area contributed by atoms with Gasteiger partial charge in [0.15, 0.2) is 18.1 Å². The molecule has 0 aliphatic heterocycles. The van der Waals surface area contributed by atoms with Gasteiger partial charge in [-0.3, -0.25) is 4.79 Å². The van der Waals surface area contributed by atoms with Crippen LogP contribution in [-0.4, -0.2) is 39.4 Å². The first-order valence-electron chi connectivity index (χ1n) is 7.13. The van der Waals surface area contributed by atoms with E-state index in [-0.39, 0.29) is 36.4 Å². The lowest BCUT2D eigenvalue weighted by molar-refractivity contribution is -0.153. The standard InChI is InChI=1S/C15H21F3N2O3.ClH/c1-19-7-3-4-14(21)20-9-11-5-6-12(13(8-11)22-2)23-10-15(16,17)18;/h5-6,8,19H,3-4,7,9-10H2,1-2H3,(H,20,21);1H. The monoisotopic (exact) mass is 370 g/mol. The van der Waals surface area contributed by atoms with Crippen LogP contribution in [-0.2, 0) is 11.3 Å². The molecule has 1 amide bonds. The minimum Gasteiger partial charge on any atom is -0.493 e. The number of carbonyl (C=O) groups excluding carboxylic acids is 1. The fourth-order valence-electron chi connectivity index (χ4n) is 1.82. The Kier molecular flexibility index (Phi) is 10.2. The maximum Gasteiger partial charge on any atom is 0.422 e. The molecule has 0 aromatic heterocycles. The van der Waals surface area contributed by atoms with Crippen LogP contribution in [0, 0.1) is 0 Å². The third-order valence-corrected chi connectivity index (χ3v) is 2.94. The van der Waals surface area contributed by atoms with Gasteiger partial charge >= 0.3 is 6.18 Å². The summed E-state index contributed by atoms with van der Waals surface area (Å²) in [7, 11) is 3.16. The first-order valence-corrected chi connectivity index (χ1v) is 7.13. The van der Waals surface area contributed by atoms with Crippen molar-refractivity contribution < 1.29 is 27.4 Å². The van der Waals surface area contributed by atoms with Crippen molar-refractivity contribution in [3.63, 3.8) is 0 Å². The Morgan fingerprint density at radius 2 is 1.96 bits per heavy atom. The van der Waals surface area contributed by atoms with Gasteiger partial charge in [-0.25, -0.2) is 0 Å². The third kappa shape index (κ3) is 8.83. The van der Waals surface area contributed by atoms with Gasteiger partial charge in [-0.2, -0.15) is 13.2 Å². The number of benzene rings is 1. The van der Waals surface area contributed by atoms with Crippen LogP contribution < -0.4 is 20.1 Å². The van der Waals surface area contributed by atoms with E-state index >= 15 is 0 Å². The zero-order valence-corrected chi connectivity index (χ0v) is 14.4. The Labute approximate surface area is 145 Å². The SMILES string of the molecule is CNCCCC(=O)NCc1ccc(OCC(F)(F)F)c(OC)c1.Cl. The summed E-state index contributed by atoms with van der Waals surface area (Å²) in [5, 5.41) is 5.69. The second kappa shape index (κ2) is 11.0. The lowest BCUT2D eigenvalue weighted by Crippen LogP contribution is -2.23. The van der Waals surface area contributed by atoms with Crippen LogP contribution in [0.15, 0.2) is 18.2 Å². The molecule has 9 heteroatoms. The molecule has 0 fully saturated rings. The van der Waals surface area contributed by atoms with Crippen LogP contribution in [0.4, 0.5) is 13.2 Å². The van der Waals surface area contributed by atoms with E-state index in [1.807, 2.05) is 7.05 Å². The fourth-order valence-corrected chi connectivity index (χ4v) is 1.82. The summed E-state index contributed by atoms with van der Waals surface area (Å²) in [6.07, 6.45) is -3.27. The van der Waals surface area contributed by atoms with Gasteiger partial charge in [0, 0.05) is 13.0 Å². The van der Waals surface area contributed by atoms with E-state index < -0.39 is 12.8 Å². The van der Waals surface area contributed by atoms with Gasteiger partial charge in [0.1, 0.15) is 0 Å². The van der Waals surface area contributed by atoms with Gasteiger partial charge in [-0.1, -0.05) is 6.07 Å². The Hall–Kier alpha value is -1.67. The van der Waals surface area contributed by atoms with Crippen molar-refractivity contribution in [2.24, 2.45) is 0 Å². The molecule has 138 valence electrons. The molecule has 5 nitrogen and oxygen atoms in total. The molecule has 0 spiro atoms. The first-order chi connectivity index (χ1) is 10.9. The first kappa shape index (κ1) is 22.3. The average Bonchev–Trinajstić information content (AvgIpc) is 2.50. The molecule has 0 saturated heterocycles. The van der Waals surface area contributed by atoms with Crippen molar-refractivity contribution >= 4 is 18.3 Å². The molecule has 0 heterocycles. The summed E-state index contributed by atoms with van der Waals surface area (Å²) >= 11 is 0. The number of alkyl halides is 3. The van der Waals surface area contributed by atoms with Crippen LogP contribution in [0.2, 0.25) is 0 Å². The van der Waals surface area contributed by atoms with E-state index in [1.54, 1.807) is 12.1 Å². The Morgan fingerprint density at radius 1 is 1.25 bits per heavy atom. The topological polar surface area (TPSA) is 59.6 Å². The number of rotatable bonds is 9. The summed E-state index contributed by atoms with van der Waals surface area (Å²) in [5.74, 6) is 0.113. The zero-order valence-electron chi connectivity index (χ0n) is 13.5. The third-order valence-electron chi connectivity index (χ3n) is 2.94. The van der Waals surface area contributed by atoms with Crippen molar-refractivity contribution in [2.75, 3.05) is 27.3 Å². The summed E-state index contributed by atoms with van der Waals surface area (Å²) in [4.78, 5) is 11.6. The predicted molar refractivity (Wildman–Crippen MR) is 86.8 cm³/mol. The lowest BCUT2D eigenvalue weighted by Gasteiger charge is -2.14. The summed E-state index contributed by atoms with van der Waals surface area (Å²) in [5.41, 5.74) is 0.711. The van der Waals surface area contributed by atoms with Gasteiger partial charge in [-0.05, 0) is 37.7 Å². The molecule has 0 unspecified atom stereocenters. The minimum absolute atomic E-state index is 0. The van der Waals surface area contributed by atoms with Gasteiger partial charge < -0.3 is 20.1 Å². The fraction of sp³-hybridized carbons (Fsp3) is 0.533. The van der Waals surface area contributed by atoms with E-state index in [4.69, 9.17) is 9.47 Å². The average molecular weight is 371 g/mol.